The Labute approximate surface area is 124 Å². The minimum atomic E-state index is -0.934. The number of carboxylic acid groups (broad SMARTS) is 1. The molecule has 21 heavy (non-hydrogen) atoms. The lowest BCUT2D eigenvalue weighted by Gasteiger charge is -2.31. The molecule has 0 bridgehead atoms. The van der Waals surface area contributed by atoms with E-state index in [1.807, 2.05) is 25.1 Å². The number of aliphatic carboxylic acids is 1. The summed E-state index contributed by atoms with van der Waals surface area (Å²) in [5, 5.41) is 8.85. The number of anilines is 1. The van der Waals surface area contributed by atoms with Crippen molar-refractivity contribution in [2.75, 3.05) is 32.2 Å². The standard InChI is InChI=1S/C15H22N2O4/c1-12(11-21-3)16(2)15(20)17(10-9-14(18)19)13-7-5-4-6-8-13/h4-8,12H,9-11H2,1-3H3,(H,18,19). The van der Waals surface area contributed by atoms with Crippen LogP contribution in [0.3, 0.4) is 0 Å². The molecule has 0 heterocycles. The summed E-state index contributed by atoms with van der Waals surface area (Å²) in [6.45, 7) is 2.42. The zero-order chi connectivity index (χ0) is 15.8. The fourth-order valence-electron chi connectivity index (χ4n) is 1.88. The van der Waals surface area contributed by atoms with Crippen LogP contribution in [0.25, 0.3) is 0 Å². The molecule has 1 unspecified atom stereocenters. The van der Waals surface area contributed by atoms with Crippen LogP contribution in [0.2, 0.25) is 0 Å². The first-order valence-corrected chi connectivity index (χ1v) is 6.77. The van der Waals surface area contributed by atoms with Gasteiger partial charge in [0.15, 0.2) is 0 Å². The highest BCUT2D eigenvalue weighted by Crippen LogP contribution is 2.16. The highest BCUT2D eigenvalue weighted by atomic mass is 16.5. The molecule has 116 valence electrons. The first-order valence-electron chi connectivity index (χ1n) is 6.77. The maximum atomic E-state index is 12.6. The topological polar surface area (TPSA) is 70.1 Å². The van der Waals surface area contributed by atoms with E-state index in [-0.39, 0.29) is 25.0 Å². The van der Waals surface area contributed by atoms with E-state index in [1.54, 1.807) is 31.2 Å². The number of carbonyl (C=O) groups is 2. The molecule has 0 radical (unpaired) electrons. The maximum absolute atomic E-state index is 12.6. The number of nitrogens with zero attached hydrogens (tertiary/aromatic N) is 2. The molecule has 1 aromatic rings. The molecule has 1 rings (SSSR count). The van der Waals surface area contributed by atoms with Crippen molar-refractivity contribution in [2.45, 2.75) is 19.4 Å². The van der Waals surface area contributed by atoms with E-state index in [1.165, 1.54) is 4.90 Å². The number of carboxylic acids is 1. The number of amides is 2. The molecule has 6 nitrogen and oxygen atoms in total. The Bertz CT molecular complexity index is 464. The van der Waals surface area contributed by atoms with Crippen molar-refractivity contribution in [3.05, 3.63) is 30.3 Å². The van der Waals surface area contributed by atoms with Gasteiger partial charge < -0.3 is 14.7 Å². The smallest absolute Gasteiger partial charge is 0.324 e. The van der Waals surface area contributed by atoms with Crippen molar-refractivity contribution in [1.82, 2.24) is 4.90 Å². The summed E-state index contributed by atoms with van der Waals surface area (Å²) in [7, 11) is 3.26. The van der Waals surface area contributed by atoms with E-state index in [9.17, 15) is 9.59 Å². The van der Waals surface area contributed by atoms with Gasteiger partial charge >= 0.3 is 12.0 Å². The molecule has 0 aliphatic heterocycles. The van der Waals surface area contributed by atoms with Crippen LogP contribution < -0.4 is 4.90 Å². The molecule has 0 saturated carbocycles. The van der Waals surface area contributed by atoms with Crippen LogP contribution in [-0.2, 0) is 9.53 Å². The molecule has 1 N–H and O–H groups in total. The van der Waals surface area contributed by atoms with Crippen LogP contribution in [0.4, 0.5) is 10.5 Å². The molecule has 0 saturated heterocycles. The van der Waals surface area contributed by atoms with Gasteiger partial charge in [0.25, 0.3) is 0 Å². The average molecular weight is 294 g/mol. The van der Waals surface area contributed by atoms with Gasteiger partial charge in [0, 0.05) is 26.4 Å². The summed E-state index contributed by atoms with van der Waals surface area (Å²) >= 11 is 0. The second-order valence-electron chi connectivity index (χ2n) is 4.83. The Morgan fingerprint density at radius 1 is 1.29 bits per heavy atom. The van der Waals surface area contributed by atoms with Gasteiger partial charge in [-0.2, -0.15) is 0 Å². The van der Waals surface area contributed by atoms with Gasteiger partial charge in [-0.25, -0.2) is 4.79 Å². The summed E-state index contributed by atoms with van der Waals surface area (Å²) in [5.41, 5.74) is 0.681. The number of urea groups is 1. The number of carbonyl (C=O) groups excluding carboxylic acids is 1. The van der Waals surface area contributed by atoms with Crippen LogP contribution in [0, 0.1) is 0 Å². The highest BCUT2D eigenvalue weighted by Gasteiger charge is 2.23. The Morgan fingerprint density at radius 2 is 1.90 bits per heavy atom. The predicted molar refractivity (Wildman–Crippen MR) is 80.5 cm³/mol. The maximum Gasteiger partial charge on any atom is 0.324 e. The van der Waals surface area contributed by atoms with Gasteiger partial charge in [-0.05, 0) is 19.1 Å². The van der Waals surface area contributed by atoms with Crippen LogP contribution in [0.1, 0.15) is 13.3 Å². The first kappa shape index (κ1) is 17.0. The number of hydrogen-bond donors (Lipinski definition) is 1. The lowest BCUT2D eigenvalue weighted by Crippen LogP contribution is -2.47. The molecule has 2 amide bonds. The number of methoxy groups -OCH3 is 1. The van der Waals surface area contributed by atoms with E-state index in [0.29, 0.717) is 12.3 Å². The second kappa shape index (κ2) is 8.26. The molecule has 0 aliphatic carbocycles. The Morgan fingerprint density at radius 3 is 2.43 bits per heavy atom. The van der Waals surface area contributed by atoms with E-state index in [0.717, 1.165) is 0 Å². The molecule has 1 aromatic carbocycles. The molecular weight excluding hydrogens is 272 g/mol. The minimum Gasteiger partial charge on any atom is -0.481 e. The minimum absolute atomic E-state index is 0.0986. The van der Waals surface area contributed by atoms with Gasteiger partial charge in [-0.3, -0.25) is 9.69 Å². The number of ether oxygens (including phenoxy) is 1. The average Bonchev–Trinajstić information content (AvgIpc) is 2.47. The molecule has 0 fully saturated rings. The number of para-hydroxylation sites is 1. The van der Waals surface area contributed by atoms with Crippen molar-refractivity contribution in [3.8, 4) is 0 Å². The fraction of sp³-hybridized carbons (Fsp3) is 0.467. The fourth-order valence-corrected chi connectivity index (χ4v) is 1.88. The van der Waals surface area contributed by atoms with Crippen LogP contribution in [0.5, 0.6) is 0 Å². The Hall–Kier alpha value is -2.08. The lowest BCUT2D eigenvalue weighted by atomic mass is 10.2. The van der Waals surface area contributed by atoms with Gasteiger partial charge in [0.05, 0.1) is 19.1 Å². The van der Waals surface area contributed by atoms with Crippen LogP contribution in [-0.4, -0.2) is 55.4 Å². The molecule has 0 spiro atoms. The van der Waals surface area contributed by atoms with E-state index in [2.05, 4.69) is 0 Å². The molecule has 6 heteroatoms. The number of benzene rings is 1. The van der Waals surface area contributed by atoms with Gasteiger partial charge in [0.1, 0.15) is 0 Å². The third-order valence-corrected chi connectivity index (χ3v) is 3.22. The highest BCUT2D eigenvalue weighted by molar-refractivity contribution is 5.92. The van der Waals surface area contributed by atoms with Crippen molar-refractivity contribution in [2.24, 2.45) is 0 Å². The quantitative estimate of drug-likeness (QED) is 0.835. The third kappa shape index (κ3) is 5.07. The largest absolute Gasteiger partial charge is 0.481 e. The van der Waals surface area contributed by atoms with Gasteiger partial charge in [-0.1, -0.05) is 18.2 Å². The molecule has 0 aromatic heterocycles. The summed E-state index contributed by atoms with van der Waals surface area (Å²) in [6, 6.07) is 8.71. The number of hydrogen-bond acceptors (Lipinski definition) is 3. The van der Waals surface area contributed by atoms with E-state index >= 15 is 0 Å². The SMILES string of the molecule is COCC(C)N(C)C(=O)N(CCC(=O)O)c1ccccc1. The molecule has 0 aliphatic rings. The third-order valence-electron chi connectivity index (χ3n) is 3.22. The van der Waals surface area contributed by atoms with Gasteiger partial charge in [0.2, 0.25) is 0 Å². The molecule has 1 atom stereocenters. The first-order chi connectivity index (χ1) is 9.97. The van der Waals surface area contributed by atoms with Crippen LogP contribution in [0.15, 0.2) is 30.3 Å². The van der Waals surface area contributed by atoms with Gasteiger partial charge in [-0.15, -0.1) is 0 Å². The Balaban J connectivity index is 2.90. The number of rotatable bonds is 7. The zero-order valence-corrected chi connectivity index (χ0v) is 12.7. The summed E-state index contributed by atoms with van der Waals surface area (Å²) in [4.78, 5) is 26.4. The van der Waals surface area contributed by atoms with Crippen molar-refractivity contribution in [1.29, 1.82) is 0 Å². The second-order valence-corrected chi connectivity index (χ2v) is 4.83. The van der Waals surface area contributed by atoms with Crippen molar-refractivity contribution < 1.29 is 19.4 Å². The molecular formula is C15H22N2O4. The van der Waals surface area contributed by atoms with Crippen molar-refractivity contribution >= 4 is 17.7 Å². The Kier molecular flexibility index (Phi) is 6.68. The summed E-state index contributed by atoms with van der Waals surface area (Å²) in [5.74, 6) is -0.934. The van der Waals surface area contributed by atoms with E-state index < -0.39 is 5.97 Å². The predicted octanol–water partition coefficient (Wildman–Crippen LogP) is 2.05. The van der Waals surface area contributed by atoms with Crippen molar-refractivity contribution in [3.63, 3.8) is 0 Å². The monoisotopic (exact) mass is 294 g/mol. The van der Waals surface area contributed by atoms with Crippen LogP contribution >= 0.6 is 0 Å². The number of likely N-dealkylation sites (N-methyl/N-ethyl adjacent to an activating group) is 1. The summed E-state index contributed by atoms with van der Waals surface area (Å²) in [6.07, 6.45) is -0.104. The normalized spacial score (nSPS) is 11.8. The zero-order valence-electron chi connectivity index (χ0n) is 12.7. The van der Waals surface area contributed by atoms with E-state index in [4.69, 9.17) is 9.84 Å². The summed E-state index contributed by atoms with van der Waals surface area (Å²) < 4.78 is 5.05. The lowest BCUT2D eigenvalue weighted by molar-refractivity contribution is -0.136.